The molecule has 0 aliphatic heterocycles. The van der Waals surface area contributed by atoms with Crippen LogP contribution in [0.25, 0.3) is 5.65 Å². The zero-order chi connectivity index (χ0) is 16.2. The number of nitrogens with one attached hydrogen (secondary N) is 1. The Balaban J connectivity index is 1.78. The van der Waals surface area contributed by atoms with E-state index in [0.717, 1.165) is 5.69 Å². The fourth-order valence-corrected chi connectivity index (χ4v) is 2.18. The number of pyridine rings is 1. The van der Waals surface area contributed by atoms with E-state index >= 15 is 0 Å². The maximum atomic E-state index is 12.3. The Morgan fingerprint density at radius 2 is 2.22 bits per heavy atom. The molecule has 0 radical (unpaired) electrons. The summed E-state index contributed by atoms with van der Waals surface area (Å²) < 4.78 is 6.87. The van der Waals surface area contributed by atoms with Crippen LogP contribution in [0.4, 0.5) is 0 Å². The molecule has 7 nitrogen and oxygen atoms in total. The van der Waals surface area contributed by atoms with Crippen molar-refractivity contribution in [3.05, 3.63) is 54.1 Å². The van der Waals surface area contributed by atoms with Gasteiger partial charge >= 0.3 is 0 Å². The molecule has 1 atom stereocenters. The standard InChI is InChI=1S/C16H17N5O2/c1-3-23-15-8-7-14-19-13(10-21(14)20-15)16(22)18-11(2)12-6-4-5-9-17-12/h4-11H,3H2,1-2H3,(H,18,22). The Bertz CT molecular complexity index is 816. The smallest absolute Gasteiger partial charge is 0.272 e. The lowest BCUT2D eigenvalue weighted by atomic mass is 10.2. The molecule has 3 aromatic heterocycles. The number of ether oxygens (including phenoxy) is 1. The maximum Gasteiger partial charge on any atom is 0.272 e. The highest BCUT2D eigenvalue weighted by Gasteiger charge is 2.15. The van der Waals surface area contributed by atoms with Crippen LogP contribution >= 0.6 is 0 Å². The number of rotatable bonds is 5. The lowest BCUT2D eigenvalue weighted by molar-refractivity contribution is 0.0934. The third-order valence-electron chi connectivity index (χ3n) is 3.30. The van der Waals surface area contributed by atoms with Crippen LogP contribution in [0, 0.1) is 0 Å². The molecule has 0 aliphatic carbocycles. The molecule has 118 valence electrons. The van der Waals surface area contributed by atoms with E-state index in [1.165, 1.54) is 4.52 Å². The van der Waals surface area contributed by atoms with E-state index in [1.807, 2.05) is 32.0 Å². The van der Waals surface area contributed by atoms with Crippen molar-refractivity contribution in [3.63, 3.8) is 0 Å². The fraction of sp³-hybridized carbons (Fsp3) is 0.250. The summed E-state index contributed by atoms with van der Waals surface area (Å²) in [6, 6.07) is 8.86. The first-order valence-corrected chi connectivity index (χ1v) is 7.38. The van der Waals surface area contributed by atoms with Gasteiger partial charge in [-0.15, -0.1) is 5.10 Å². The van der Waals surface area contributed by atoms with Gasteiger partial charge in [0.25, 0.3) is 5.91 Å². The van der Waals surface area contributed by atoms with Crippen LogP contribution in [0.15, 0.2) is 42.7 Å². The third-order valence-corrected chi connectivity index (χ3v) is 3.30. The minimum Gasteiger partial charge on any atom is -0.477 e. The van der Waals surface area contributed by atoms with Gasteiger partial charge in [-0.2, -0.15) is 0 Å². The van der Waals surface area contributed by atoms with Gasteiger partial charge in [0.1, 0.15) is 5.69 Å². The molecule has 7 heteroatoms. The molecule has 0 spiro atoms. The second kappa shape index (κ2) is 6.43. The first kappa shape index (κ1) is 15.0. The first-order chi connectivity index (χ1) is 11.2. The van der Waals surface area contributed by atoms with Gasteiger partial charge in [-0.1, -0.05) is 6.07 Å². The topological polar surface area (TPSA) is 81.4 Å². The Hall–Kier alpha value is -2.96. The Morgan fingerprint density at radius 1 is 1.35 bits per heavy atom. The molecule has 0 saturated carbocycles. The van der Waals surface area contributed by atoms with E-state index in [2.05, 4.69) is 20.4 Å². The van der Waals surface area contributed by atoms with Crippen LogP contribution in [0.5, 0.6) is 5.88 Å². The van der Waals surface area contributed by atoms with Crippen LogP contribution in [0.2, 0.25) is 0 Å². The summed E-state index contributed by atoms with van der Waals surface area (Å²) in [5, 5.41) is 7.12. The zero-order valence-electron chi connectivity index (χ0n) is 12.9. The molecule has 1 N–H and O–H groups in total. The fourth-order valence-electron chi connectivity index (χ4n) is 2.18. The number of amides is 1. The SMILES string of the molecule is CCOc1ccc2nc(C(=O)NC(C)c3ccccn3)cn2n1. The van der Waals surface area contributed by atoms with Crippen molar-refractivity contribution in [1.29, 1.82) is 0 Å². The van der Waals surface area contributed by atoms with Gasteiger partial charge in [-0.25, -0.2) is 9.50 Å². The Morgan fingerprint density at radius 3 is 2.96 bits per heavy atom. The lowest BCUT2D eigenvalue weighted by Gasteiger charge is -2.11. The van der Waals surface area contributed by atoms with E-state index in [4.69, 9.17) is 4.74 Å². The van der Waals surface area contributed by atoms with Crippen molar-refractivity contribution < 1.29 is 9.53 Å². The molecule has 0 aliphatic rings. The third kappa shape index (κ3) is 3.28. The van der Waals surface area contributed by atoms with Gasteiger partial charge in [0.2, 0.25) is 5.88 Å². The van der Waals surface area contributed by atoms with Gasteiger partial charge < -0.3 is 10.1 Å². The monoisotopic (exact) mass is 311 g/mol. The summed E-state index contributed by atoms with van der Waals surface area (Å²) in [6.45, 7) is 4.29. The number of aromatic nitrogens is 4. The van der Waals surface area contributed by atoms with Crippen molar-refractivity contribution in [3.8, 4) is 5.88 Å². The summed E-state index contributed by atoms with van der Waals surface area (Å²) in [5.41, 5.74) is 1.68. The lowest BCUT2D eigenvalue weighted by Crippen LogP contribution is -2.27. The predicted octanol–water partition coefficient (Wildman–Crippen LogP) is 2.01. The Labute approximate surface area is 133 Å². The van der Waals surface area contributed by atoms with Crippen LogP contribution in [0.3, 0.4) is 0 Å². The van der Waals surface area contributed by atoms with Crippen LogP contribution < -0.4 is 10.1 Å². The number of hydrogen-bond donors (Lipinski definition) is 1. The average Bonchev–Trinajstić information content (AvgIpc) is 2.99. The molecule has 1 amide bonds. The van der Waals surface area contributed by atoms with E-state index in [9.17, 15) is 4.79 Å². The van der Waals surface area contributed by atoms with Crippen LogP contribution in [0.1, 0.15) is 36.1 Å². The first-order valence-electron chi connectivity index (χ1n) is 7.38. The van der Waals surface area contributed by atoms with Gasteiger partial charge in [0.05, 0.1) is 24.5 Å². The molecule has 3 heterocycles. The molecule has 3 aromatic rings. The van der Waals surface area contributed by atoms with Crippen molar-refractivity contribution >= 4 is 11.6 Å². The zero-order valence-corrected chi connectivity index (χ0v) is 12.9. The highest BCUT2D eigenvalue weighted by molar-refractivity contribution is 5.93. The van der Waals surface area contributed by atoms with Gasteiger partial charge in [-0.3, -0.25) is 9.78 Å². The summed E-state index contributed by atoms with van der Waals surface area (Å²) in [6.07, 6.45) is 3.28. The molecule has 0 saturated heterocycles. The largest absolute Gasteiger partial charge is 0.477 e. The summed E-state index contributed by atoms with van der Waals surface area (Å²) in [4.78, 5) is 20.8. The van der Waals surface area contributed by atoms with E-state index in [1.54, 1.807) is 24.5 Å². The minimum atomic E-state index is -0.272. The molecule has 0 fully saturated rings. The molecule has 0 aromatic carbocycles. The number of carbonyl (C=O) groups excluding carboxylic acids is 1. The highest BCUT2D eigenvalue weighted by atomic mass is 16.5. The summed E-state index contributed by atoms with van der Waals surface area (Å²) in [5.74, 6) is 0.220. The molecular formula is C16H17N5O2. The maximum absolute atomic E-state index is 12.3. The minimum absolute atomic E-state index is 0.208. The van der Waals surface area contributed by atoms with E-state index in [-0.39, 0.29) is 11.9 Å². The number of fused-ring (bicyclic) bond motifs is 1. The van der Waals surface area contributed by atoms with Crippen molar-refractivity contribution in [2.45, 2.75) is 19.9 Å². The number of hydrogen-bond acceptors (Lipinski definition) is 5. The van der Waals surface area contributed by atoms with Gasteiger partial charge in [0.15, 0.2) is 5.65 Å². The second-order valence-electron chi connectivity index (χ2n) is 4.98. The average molecular weight is 311 g/mol. The van der Waals surface area contributed by atoms with Gasteiger partial charge in [0, 0.05) is 12.3 Å². The molecule has 1 unspecified atom stereocenters. The summed E-state index contributed by atoms with van der Waals surface area (Å²) >= 11 is 0. The van der Waals surface area contributed by atoms with Crippen molar-refractivity contribution in [1.82, 2.24) is 24.9 Å². The van der Waals surface area contributed by atoms with Gasteiger partial charge in [-0.05, 0) is 32.0 Å². The number of nitrogens with zero attached hydrogens (tertiary/aromatic N) is 4. The molecule has 3 rings (SSSR count). The van der Waals surface area contributed by atoms with Crippen molar-refractivity contribution in [2.24, 2.45) is 0 Å². The predicted molar refractivity (Wildman–Crippen MR) is 84.3 cm³/mol. The van der Waals surface area contributed by atoms with Crippen LogP contribution in [-0.4, -0.2) is 32.1 Å². The van der Waals surface area contributed by atoms with Crippen LogP contribution in [-0.2, 0) is 0 Å². The van der Waals surface area contributed by atoms with E-state index < -0.39 is 0 Å². The van der Waals surface area contributed by atoms with Crippen molar-refractivity contribution in [2.75, 3.05) is 6.61 Å². The molecule has 23 heavy (non-hydrogen) atoms. The Kier molecular flexibility index (Phi) is 4.18. The number of imidazole rings is 1. The quantitative estimate of drug-likeness (QED) is 0.779. The molecular weight excluding hydrogens is 294 g/mol. The molecule has 0 bridgehead atoms. The number of carbonyl (C=O) groups is 1. The summed E-state index contributed by atoms with van der Waals surface area (Å²) in [7, 11) is 0. The van der Waals surface area contributed by atoms with E-state index in [0.29, 0.717) is 23.8 Å². The highest BCUT2D eigenvalue weighted by Crippen LogP contribution is 2.12. The second-order valence-corrected chi connectivity index (χ2v) is 4.98. The normalized spacial score (nSPS) is 12.1.